The summed E-state index contributed by atoms with van der Waals surface area (Å²) in [5, 5.41) is 3.65. The zero-order valence-electron chi connectivity index (χ0n) is 10.9. The second-order valence-corrected chi connectivity index (χ2v) is 5.37. The van der Waals surface area contributed by atoms with Crippen LogP contribution in [0.5, 0.6) is 11.5 Å². The van der Waals surface area contributed by atoms with Crippen LogP contribution in [0.25, 0.3) is 0 Å². The van der Waals surface area contributed by atoms with Gasteiger partial charge in [0.05, 0.1) is 0 Å². The molecule has 3 rings (SSSR count). The van der Waals surface area contributed by atoms with E-state index in [4.69, 9.17) is 9.47 Å². The van der Waals surface area contributed by atoms with Gasteiger partial charge in [0.1, 0.15) is 13.2 Å². The molecule has 0 saturated heterocycles. The highest BCUT2D eigenvalue weighted by Crippen LogP contribution is 2.34. The predicted octanol–water partition coefficient (Wildman–Crippen LogP) is 3.45. The molecule has 0 amide bonds. The van der Waals surface area contributed by atoms with E-state index in [9.17, 15) is 0 Å². The summed E-state index contributed by atoms with van der Waals surface area (Å²) in [6.07, 6.45) is 5.32. The first-order valence-corrected chi connectivity index (χ1v) is 6.99. The Morgan fingerprint density at radius 3 is 2.67 bits per heavy atom. The van der Waals surface area contributed by atoms with E-state index in [0.29, 0.717) is 19.3 Å². The van der Waals surface area contributed by atoms with E-state index >= 15 is 0 Å². The highest BCUT2D eigenvalue weighted by atomic mass is 16.6. The van der Waals surface area contributed by atoms with Crippen LogP contribution >= 0.6 is 0 Å². The SMILES string of the molecule is CC1CCCCC1Nc1ccc2c(c1)OCCO2. The van der Waals surface area contributed by atoms with Crippen LogP contribution < -0.4 is 14.8 Å². The second kappa shape index (κ2) is 5.09. The molecule has 0 radical (unpaired) electrons. The fourth-order valence-corrected chi connectivity index (χ4v) is 2.88. The van der Waals surface area contributed by atoms with Crippen LogP contribution in [0.2, 0.25) is 0 Å². The van der Waals surface area contributed by atoms with Gasteiger partial charge >= 0.3 is 0 Å². The molecular weight excluding hydrogens is 226 g/mol. The van der Waals surface area contributed by atoms with E-state index in [-0.39, 0.29) is 0 Å². The minimum Gasteiger partial charge on any atom is -0.486 e. The Hall–Kier alpha value is -1.38. The van der Waals surface area contributed by atoms with Crippen molar-refractivity contribution in [3.8, 4) is 11.5 Å². The summed E-state index contributed by atoms with van der Waals surface area (Å²) in [4.78, 5) is 0. The van der Waals surface area contributed by atoms with Crippen LogP contribution in [-0.4, -0.2) is 19.3 Å². The lowest BCUT2D eigenvalue weighted by Crippen LogP contribution is -2.30. The minimum absolute atomic E-state index is 0.598. The molecule has 2 aliphatic rings. The van der Waals surface area contributed by atoms with Gasteiger partial charge in [0.2, 0.25) is 0 Å². The van der Waals surface area contributed by atoms with Crippen LogP contribution in [0, 0.1) is 5.92 Å². The molecule has 18 heavy (non-hydrogen) atoms. The van der Waals surface area contributed by atoms with Crippen molar-refractivity contribution in [1.29, 1.82) is 0 Å². The van der Waals surface area contributed by atoms with E-state index in [2.05, 4.69) is 24.4 Å². The molecule has 1 N–H and O–H groups in total. The highest BCUT2D eigenvalue weighted by molar-refractivity contribution is 5.55. The van der Waals surface area contributed by atoms with E-state index in [1.165, 1.54) is 25.7 Å². The first kappa shape index (κ1) is 11.7. The van der Waals surface area contributed by atoms with E-state index < -0.39 is 0 Å². The Bertz CT molecular complexity index is 419. The number of fused-ring (bicyclic) bond motifs is 1. The molecule has 1 aromatic rings. The molecule has 2 unspecified atom stereocenters. The molecule has 1 aromatic carbocycles. The third kappa shape index (κ3) is 2.40. The molecule has 98 valence electrons. The second-order valence-electron chi connectivity index (χ2n) is 5.37. The zero-order valence-corrected chi connectivity index (χ0v) is 10.9. The molecule has 1 aliphatic carbocycles. The number of benzene rings is 1. The maximum Gasteiger partial charge on any atom is 0.163 e. The third-order valence-electron chi connectivity index (χ3n) is 4.01. The van der Waals surface area contributed by atoms with Crippen LogP contribution in [-0.2, 0) is 0 Å². The quantitative estimate of drug-likeness (QED) is 0.868. The minimum atomic E-state index is 0.598. The monoisotopic (exact) mass is 247 g/mol. The largest absolute Gasteiger partial charge is 0.486 e. The maximum absolute atomic E-state index is 5.62. The molecular formula is C15H21NO2. The number of hydrogen-bond donors (Lipinski definition) is 1. The van der Waals surface area contributed by atoms with Crippen molar-refractivity contribution >= 4 is 5.69 Å². The maximum atomic E-state index is 5.62. The Kier molecular flexibility index (Phi) is 3.31. The molecule has 0 spiro atoms. The fraction of sp³-hybridized carbons (Fsp3) is 0.600. The molecule has 3 heteroatoms. The van der Waals surface area contributed by atoms with Gasteiger partial charge in [-0.25, -0.2) is 0 Å². The fourth-order valence-electron chi connectivity index (χ4n) is 2.88. The summed E-state index contributed by atoms with van der Waals surface area (Å²) in [7, 11) is 0. The van der Waals surface area contributed by atoms with Crippen molar-refractivity contribution in [1.82, 2.24) is 0 Å². The van der Waals surface area contributed by atoms with Crippen LogP contribution in [0.3, 0.4) is 0 Å². The van der Waals surface area contributed by atoms with Gasteiger partial charge in [-0.15, -0.1) is 0 Å². The van der Waals surface area contributed by atoms with Gasteiger partial charge in [-0.3, -0.25) is 0 Å². The van der Waals surface area contributed by atoms with Crippen molar-refractivity contribution in [2.24, 2.45) is 5.92 Å². The van der Waals surface area contributed by atoms with Gasteiger partial charge in [-0.1, -0.05) is 19.8 Å². The molecule has 2 atom stereocenters. The van der Waals surface area contributed by atoms with Gasteiger partial charge in [-0.2, -0.15) is 0 Å². The molecule has 1 heterocycles. The van der Waals surface area contributed by atoms with E-state index in [1.807, 2.05) is 6.07 Å². The van der Waals surface area contributed by atoms with Gasteiger partial charge in [-0.05, 0) is 30.9 Å². The summed E-state index contributed by atoms with van der Waals surface area (Å²) in [6.45, 7) is 3.64. The molecule has 0 bridgehead atoms. The summed E-state index contributed by atoms with van der Waals surface area (Å²) in [6, 6.07) is 6.76. The molecule has 0 aromatic heterocycles. The topological polar surface area (TPSA) is 30.5 Å². The molecule has 3 nitrogen and oxygen atoms in total. The van der Waals surface area contributed by atoms with E-state index in [0.717, 1.165) is 23.1 Å². The number of hydrogen-bond acceptors (Lipinski definition) is 3. The zero-order chi connectivity index (χ0) is 12.4. The summed E-state index contributed by atoms with van der Waals surface area (Å²) in [5.41, 5.74) is 1.15. The highest BCUT2D eigenvalue weighted by Gasteiger charge is 2.21. The van der Waals surface area contributed by atoms with E-state index in [1.54, 1.807) is 0 Å². The Morgan fingerprint density at radius 2 is 1.83 bits per heavy atom. The van der Waals surface area contributed by atoms with Crippen LogP contribution in [0.4, 0.5) is 5.69 Å². The number of ether oxygens (including phenoxy) is 2. The Balaban J connectivity index is 1.72. The molecule has 1 saturated carbocycles. The van der Waals surface area contributed by atoms with Crippen molar-refractivity contribution in [3.05, 3.63) is 18.2 Å². The third-order valence-corrected chi connectivity index (χ3v) is 4.01. The van der Waals surface area contributed by atoms with Gasteiger partial charge in [0.25, 0.3) is 0 Å². The average molecular weight is 247 g/mol. The lowest BCUT2D eigenvalue weighted by atomic mass is 9.86. The number of rotatable bonds is 2. The average Bonchev–Trinajstić information content (AvgIpc) is 2.41. The van der Waals surface area contributed by atoms with Crippen LogP contribution in [0.1, 0.15) is 32.6 Å². The predicted molar refractivity (Wildman–Crippen MR) is 72.5 cm³/mol. The van der Waals surface area contributed by atoms with Crippen molar-refractivity contribution in [2.75, 3.05) is 18.5 Å². The smallest absolute Gasteiger partial charge is 0.163 e. The van der Waals surface area contributed by atoms with Gasteiger partial charge < -0.3 is 14.8 Å². The Labute approximate surface area is 108 Å². The summed E-state index contributed by atoms with van der Waals surface area (Å²) in [5.74, 6) is 2.49. The van der Waals surface area contributed by atoms with Crippen molar-refractivity contribution in [3.63, 3.8) is 0 Å². The molecule has 1 fully saturated rings. The lowest BCUT2D eigenvalue weighted by molar-refractivity contribution is 0.171. The number of nitrogens with one attached hydrogen (secondary N) is 1. The number of anilines is 1. The first-order valence-electron chi connectivity index (χ1n) is 6.99. The lowest BCUT2D eigenvalue weighted by Gasteiger charge is -2.30. The summed E-state index contributed by atoms with van der Waals surface area (Å²) >= 11 is 0. The normalized spacial score (nSPS) is 26.7. The van der Waals surface area contributed by atoms with Gasteiger partial charge in [0, 0.05) is 17.8 Å². The van der Waals surface area contributed by atoms with Crippen molar-refractivity contribution < 1.29 is 9.47 Å². The molecule has 1 aliphatic heterocycles. The van der Waals surface area contributed by atoms with Gasteiger partial charge in [0.15, 0.2) is 11.5 Å². The first-order chi connectivity index (χ1) is 8.83. The van der Waals surface area contributed by atoms with Crippen molar-refractivity contribution in [2.45, 2.75) is 38.6 Å². The van der Waals surface area contributed by atoms with Crippen LogP contribution in [0.15, 0.2) is 18.2 Å². The Morgan fingerprint density at radius 1 is 1.06 bits per heavy atom. The summed E-state index contributed by atoms with van der Waals surface area (Å²) < 4.78 is 11.2. The standard InChI is InChI=1S/C15H21NO2/c1-11-4-2-3-5-13(11)16-12-6-7-14-15(10-12)18-9-8-17-14/h6-7,10-11,13,16H,2-5,8-9H2,1H3.